The first kappa shape index (κ1) is 22.2. The van der Waals surface area contributed by atoms with E-state index in [1.165, 1.54) is 11.8 Å². The zero-order valence-corrected chi connectivity index (χ0v) is 17.6. The van der Waals surface area contributed by atoms with Crippen LogP contribution in [0.15, 0.2) is 59.3 Å². The van der Waals surface area contributed by atoms with Crippen molar-refractivity contribution < 1.29 is 9.59 Å². The summed E-state index contributed by atoms with van der Waals surface area (Å²) in [6.45, 7) is 7.02. The third-order valence-corrected chi connectivity index (χ3v) is 5.22. The van der Waals surface area contributed by atoms with Crippen molar-refractivity contribution in [3.05, 3.63) is 60.2 Å². The summed E-state index contributed by atoms with van der Waals surface area (Å²) in [5.41, 5.74) is 8.00. The normalized spacial score (nSPS) is 14.1. The minimum absolute atomic E-state index is 0.284. The van der Waals surface area contributed by atoms with Crippen molar-refractivity contribution in [2.24, 2.45) is 10.2 Å². The molecule has 0 bridgehead atoms. The van der Waals surface area contributed by atoms with Crippen LogP contribution in [0.4, 0.5) is 0 Å². The summed E-state index contributed by atoms with van der Waals surface area (Å²) < 4.78 is 0. The van der Waals surface area contributed by atoms with Crippen LogP contribution in [-0.2, 0) is 9.59 Å². The second-order valence-electron chi connectivity index (χ2n) is 6.25. The molecule has 9 heteroatoms. The predicted octanol–water partition coefficient (Wildman–Crippen LogP) is 2.37. The first-order valence-corrected chi connectivity index (χ1v) is 9.97. The molecule has 0 saturated heterocycles. The Labute approximate surface area is 174 Å². The molecular formula is C20H24N6O2S. The average Bonchev–Trinajstić information content (AvgIpc) is 2.76. The van der Waals surface area contributed by atoms with Crippen LogP contribution in [0.25, 0.3) is 0 Å². The minimum Gasteiger partial charge on any atom is -0.272 e. The monoisotopic (exact) mass is 412 g/mol. The molecule has 2 amide bonds. The van der Waals surface area contributed by atoms with Gasteiger partial charge in [0.2, 0.25) is 0 Å². The van der Waals surface area contributed by atoms with Gasteiger partial charge in [0.25, 0.3) is 11.8 Å². The van der Waals surface area contributed by atoms with Crippen LogP contribution < -0.4 is 10.9 Å². The third-order valence-electron chi connectivity index (χ3n) is 3.97. The van der Waals surface area contributed by atoms with E-state index in [9.17, 15) is 9.59 Å². The van der Waals surface area contributed by atoms with Crippen molar-refractivity contribution in [1.82, 2.24) is 20.8 Å². The van der Waals surface area contributed by atoms with Crippen LogP contribution in [0.5, 0.6) is 0 Å². The van der Waals surface area contributed by atoms with E-state index in [1.807, 2.05) is 12.1 Å². The topological polar surface area (TPSA) is 109 Å². The quantitative estimate of drug-likeness (QED) is 0.511. The number of nitrogens with zero attached hydrogens (tertiary/aromatic N) is 4. The molecule has 2 aromatic heterocycles. The number of amides is 2. The van der Waals surface area contributed by atoms with E-state index in [0.717, 1.165) is 11.1 Å². The Kier molecular flexibility index (Phi) is 8.47. The smallest absolute Gasteiger partial charge is 0.252 e. The van der Waals surface area contributed by atoms with Gasteiger partial charge in [0.15, 0.2) is 0 Å². The first-order chi connectivity index (χ1) is 13.9. The van der Waals surface area contributed by atoms with E-state index >= 15 is 0 Å². The third kappa shape index (κ3) is 7.11. The fourth-order valence-corrected chi connectivity index (χ4v) is 3.14. The van der Waals surface area contributed by atoms with E-state index in [-0.39, 0.29) is 11.8 Å². The zero-order chi connectivity index (χ0) is 21.2. The van der Waals surface area contributed by atoms with Crippen molar-refractivity contribution in [3.8, 4) is 0 Å². The molecule has 2 atom stereocenters. The van der Waals surface area contributed by atoms with Gasteiger partial charge >= 0.3 is 0 Å². The van der Waals surface area contributed by atoms with Gasteiger partial charge < -0.3 is 0 Å². The number of hydrogen-bond donors (Lipinski definition) is 2. The fraction of sp³-hybridized carbons (Fsp3) is 0.300. The van der Waals surface area contributed by atoms with Crippen molar-refractivity contribution in [2.75, 3.05) is 0 Å². The molecule has 0 aromatic carbocycles. The van der Waals surface area contributed by atoms with Crippen LogP contribution >= 0.6 is 11.8 Å². The predicted molar refractivity (Wildman–Crippen MR) is 116 cm³/mol. The molecule has 2 aromatic rings. The lowest BCUT2D eigenvalue weighted by Gasteiger charge is -2.15. The number of nitrogens with one attached hydrogen (secondary N) is 2. The van der Waals surface area contributed by atoms with E-state index in [4.69, 9.17) is 0 Å². The van der Waals surface area contributed by atoms with E-state index in [0.29, 0.717) is 11.4 Å². The summed E-state index contributed by atoms with van der Waals surface area (Å²) in [6.07, 6.45) is 6.68. The number of aromatic nitrogens is 2. The highest BCUT2D eigenvalue weighted by Crippen LogP contribution is 2.18. The number of carbonyl (C=O) groups excluding carboxylic acids is 2. The fourth-order valence-electron chi connectivity index (χ4n) is 2.17. The first-order valence-electron chi connectivity index (χ1n) is 9.03. The van der Waals surface area contributed by atoms with Crippen LogP contribution in [-0.4, -0.2) is 43.7 Å². The van der Waals surface area contributed by atoms with Crippen LogP contribution in [0.1, 0.15) is 38.8 Å². The number of carbonyl (C=O) groups is 2. The van der Waals surface area contributed by atoms with Gasteiger partial charge in [-0.15, -0.1) is 11.8 Å². The van der Waals surface area contributed by atoms with Gasteiger partial charge in [0, 0.05) is 35.9 Å². The lowest BCUT2D eigenvalue weighted by Crippen LogP contribution is -2.33. The number of hydrazone groups is 2. The van der Waals surface area contributed by atoms with Crippen LogP contribution in [0, 0.1) is 0 Å². The van der Waals surface area contributed by atoms with Crippen molar-refractivity contribution >= 4 is 35.0 Å². The molecule has 8 nitrogen and oxygen atoms in total. The highest BCUT2D eigenvalue weighted by Gasteiger charge is 2.21. The Morgan fingerprint density at radius 2 is 1.28 bits per heavy atom. The largest absolute Gasteiger partial charge is 0.272 e. The van der Waals surface area contributed by atoms with Gasteiger partial charge in [-0.2, -0.15) is 10.2 Å². The summed E-state index contributed by atoms with van der Waals surface area (Å²) in [4.78, 5) is 32.6. The lowest BCUT2D eigenvalue weighted by atomic mass is 10.2. The molecule has 0 radical (unpaired) electrons. The number of rotatable bonds is 8. The molecule has 0 aliphatic rings. The lowest BCUT2D eigenvalue weighted by molar-refractivity contribution is -0.120. The zero-order valence-electron chi connectivity index (χ0n) is 16.8. The van der Waals surface area contributed by atoms with Gasteiger partial charge in [-0.25, -0.2) is 10.9 Å². The molecule has 2 N–H and O–H groups in total. The molecule has 29 heavy (non-hydrogen) atoms. The van der Waals surface area contributed by atoms with Crippen molar-refractivity contribution in [3.63, 3.8) is 0 Å². The summed E-state index contributed by atoms with van der Waals surface area (Å²) in [6, 6.07) is 7.31. The molecule has 0 spiro atoms. The highest BCUT2D eigenvalue weighted by atomic mass is 32.2. The van der Waals surface area contributed by atoms with Crippen LogP contribution in [0.3, 0.4) is 0 Å². The molecular weight excluding hydrogens is 388 g/mol. The minimum atomic E-state index is -0.468. The van der Waals surface area contributed by atoms with Gasteiger partial charge in [0.05, 0.1) is 21.9 Å². The van der Waals surface area contributed by atoms with Crippen molar-refractivity contribution in [2.45, 2.75) is 38.2 Å². The average molecular weight is 413 g/mol. The van der Waals surface area contributed by atoms with Gasteiger partial charge in [-0.3, -0.25) is 19.6 Å². The second-order valence-corrected chi connectivity index (χ2v) is 7.94. The number of hydrogen-bond acceptors (Lipinski definition) is 7. The number of thioether (sulfide) groups is 1. The summed E-state index contributed by atoms with van der Waals surface area (Å²) in [5.74, 6) is -0.569. The van der Waals surface area contributed by atoms with Gasteiger partial charge in [-0.1, -0.05) is 12.1 Å². The highest BCUT2D eigenvalue weighted by molar-refractivity contribution is 8.01. The molecule has 0 aliphatic heterocycles. The Bertz CT molecular complexity index is 813. The Balaban J connectivity index is 1.84. The van der Waals surface area contributed by atoms with E-state index < -0.39 is 10.5 Å². The van der Waals surface area contributed by atoms with E-state index in [1.54, 1.807) is 64.6 Å². The Morgan fingerprint density at radius 3 is 1.62 bits per heavy atom. The maximum absolute atomic E-state index is 12.3. The standard InChI is InChI=1S/C20H24N6O2S/c1-13(17-7-5-9-21-11-17)23-25-19(27)15(3)29-16(4)20(28)26-24-14(2)18-8-6-10-22-12-18/h5-12,15-16H,1-4H3,(H,25,27)(H,26,28)/b23-13+,24-14+. The molecule has 0 saturated carbocycles. The maximum Gasteiger partial charge on any atom is 0.252 e. The summed E-state index contributed by atoms with van der Waals surface area (Å²) in [5, 5.41) is 7.26. The SMILES string of the molecule is C/C(=N\NC(=O)C(C)SC(C)C(=O)N/N=C(\C)c1cccnc1)c1cccnc1. The van der Waals surface area contributed by atoms with Crippen LogP contribution in [0.2, 0.25) is 0 Å². The van der Waals surface area contributed by atoms with Gasteiger partial charge in [0.1, 0.15) is 0 Å². The number of pyridine rings is 2. The molecule has 2 rings (SSSR count). The van der Waals surface area contributed by atoms with E-state index in [2.05, 4.69) is 31.0 Å². The second kappa shape index (κ2) is 11.1. The summed E-state index contributed by atoms with van der Waals surface area (Å²) >= 11 is 1.22. The Morgan fingerprint density at radius 1 is 0.862 bits per heavy atom. The molecule has 0 aliphatic carbocycles. The Hall–Kier alpha value is -3.07. The molecule has 2 unspecified atom stereocenters. The molecule has 0 fully saturated rings. The maximum atomic E-state index is 12.3. The molecule has 152 valence electrons. The van der Waals surface area contributed by atoms with Crippen molar-refractivity contribution in [1.29, 1.82) is 0 Å². The van der Waals surface area contributed by atoms with Gasteiger partial charge in [-0.05, 0) is 39.8 Å². The summed E-state index contributed by atoms with van der Waals surface area (Å²) in [7, 11) is 0. The molecule has 2 heterocycles.